The molecule has 0 unspecified atom stereocenters. The van der Waals surface area contributed by atoms with Gasteiger partial charge < -0.3 is 0 Å². The summed E-state index contributed by atoms with van der Waals surface area (Å²) in [5, 5.41) is 11.5. The molecule has 0 amide bonds. The van der Waals surface area contributed by atoms with E-state index in [9.17, 15) is 0 Å². The third kappa shape index (κ3) is 1.60. The maximum Gasteiger partial charge on any atom is 0.114 e. The molecule has 2 rings (SSSR count). The van der Waals surface area contributed by atoms with Crippen molar-refractivity contribution in [2.24, 2.45) is 0 Å². The van der Waals surface area contributed by atoms with Crippen LogP contribution in [-0.2, 0) is 0 Å². The molecule has 1 aromatic heterocycles. The van der Waals surface area contributed by atoms with Gasteiger partial charge in [-0.15, -0.1) is 0 Å². The minimum atomic E-state index is 0.538. The van der Waals surface area contributed by atoms with Crippen LogP contribution in [0.15, 0.2) is 6.20 Å². The number of aromatic nitrogens is 3. The molecule has 84 valence electrons. The van der Waals surface area contributed by atoms with Crippen LogP contribution in [0.25, 0.3) is 11.3 Å². The summed E-state index contributed by atoms with van der Waals surface area (Å²) in [5.74, 6) is 0. The topological polar surface area (TPSA) is 41.6 Å². The number of aromatic amines is 1. The van der Waals surface area contributed by atoms with Gasteiger partial charge in [-0.3, -0.25) is 0 Å². The quantitative estimate of drug-likeness (QED) is 0.845. The van der Waals surface area contributed by atoms with Gasteiger partial charge in [0.15, 0.2) is 0 Å². The highest BCUT2D eigenvalue weighted by atomic mass is 35.5. The van der Waals surface area contributed by atoms with Crippen molar-refractivity contribution < 1.29 is 0 Å². The van der Waals surface area contributed by atoms with E-state index in [-0.39, 0.29) is 0 Å². The van der Waals surface area contributed by atoms with Gasteiger partial charge in [-0.05, 0) is 37.5 Å². The summed E-state index contributed by atoms with van der Waals surface area (Å²) in [5.41, 5.74) is 4.79. The monoisotopic (exact) mass is 255 g/mol. The molecule has 0 saturated heterocycles. The molecule has 3 nitrogen and oxygen atoms in total. The van der Waals surface area contributed by atoms with Gasteiger partial charge in [0.2, 0.25) is 0 Å². The molecule has 0 fully saturated rings. The molecule has 0 aliphatic rings. The highest BCUT2D eigenvalue weighted by molar-refractivity contribution is 6.44. The molecule has 2 aromatic rings. The summed E-state index contributed by atoms with van der Waals surface area (Å²) in [6, 6.07) is 0. The Hall–Kier alpha value is -1.06. The van der Waals surface area contributed by atoms with Crippen LogP contribution in [-0.4, -0.2) is 15.4 Å². The van der Waals surface area contributed by atoms with E-state index in [0.29, 0.717) is 15.7 Å². The molecule has 0 spiro atoms. The second-order valence-electron chi connectivity index (χ2n) is 3.73. The lowest BCUT2D eigenvalue weighted by Gasteiger charge is -2.14. The van der Waals surface area contributed by atoms with E-state index in [0.717, 1.165) is 22.3 Å². The minimum absolute atomic E-state index is 0.538. The van der Waals surface area contributed by atoms with Crippen LogP contribution in [0, 0.1) is 20.8 Å². The van der Waals surface area contributed by atoms with Gasteiger partial charge in [0.1, 0.15) is 5.69 Å². The Balaban J connectivity index is 2.81. The number of hydrogen-bond donors (Lipinski definition) is 1. The summed E-state index contributed by atoms with van der Waals surface area (Å²) < 4.78 is 0. The first-order chi connectivity index (χ1) is 7.54. The van der Waals surface area contributed by atoms with Crippen molar-refractivity contribution >= 4 is 23.2 Å². The molecule has 0 bridgehead atoms. The number of hydrogen-bond acceptors (Lipinski definition) is 2. The molecule has 1 heterocycles. The number of nitrogens with zero attached hydrogens (tertiary/aromatic N) is 2. The summed E-state index contributed by atoms with van der Waals surface area (Å²) in [4.78, 5) is 0. The number of H-pyrrole nitrogens is 1. The van der Waals surface area contributed by atoms with Gasteiger partial charge in [-0.1, -0.05) is 23.2 Å². The number of nitrogens with one attached hydrogen (secondary N) is 1. The smallest absolute Gasteiger partial charge is 0.114 e. The Bertz CT molecular complexity index is 504. The zero-order valence-corrected chi connectivity index (χ0v) is 10.7. The molecule has 0 aliphatic heterocycles. The van der Waals surface area contributed by atoms with Crippen LogP contribution in [0.1, 0.15) is 16.7 Å². The van der Waals surface area contributed by atoms with Gasteiger partial charge in [0, 0.05) is 5.56 Å². The van der Waals surface area contributed by atoms with E-state index in [2.05, 4.69) is 15.4 Å². The van der Waals surface area contributed by atoms with Gasteiger partial charge in [-0.2, -0.15) is 15.4 Å². The van der Waals surface area contributed by atoms with Gasteiger partial charge >= 0.3 is 0 Å². The average Bonchev–Trinajstić information content (AvgIpc) is 2.77. The van der Waals surface area contributed by atoms with E-state index >= 15 is 0 Å². The van der Waals surface area contributed by atoms with E-state index in [1.54, 1.807) is 6.20 Å². The van der Waals surface area contributed by atoms with Crippen LogP contribution >= 0.6 is 23.2 Å². The lowest BCUT2D eigenvalue weighted by molar-refractivity contribution is 0.941. The zero-order valence-electron chi connectivity index (χ0n) is 9.23. The molecule has 0 saturated carbocycles. The van der Waals surface area contributed by atoms with Crippen LogP contribution in [0.2, 0.25) is 10.0 Å². The standard InChI is InChI=1S/C11H11Cl2N3/c1-5-6(2)9(8-4-14-16-15-8)11(13)10(12)7(5)3/h4H,1-3H3,(H,14,15,16). The first-order valence-corrected chi connectivity index (χ1v) is 5.60. The Morgan fingerprint density at radius 2 is 1.69 bits per heavy atom. The summed E-state index contributed by atoms with van der Waals surface area (Å²) in [7, 11) is 0. The molecule has 1 N–H and O–H groups in total. The molecule has 1 aromatic carbocycles. The van der Waals surface area contributed by atoms with Crippen molar-refractivity contribution in [3.05, 3.63) is 32.9 Å². The largest absolute Gasteiger partial charge is 0.197 e. The third-order valence-corrected chi connectivity index (χ3v) is 3.86. The highest BCUT2D eigenvalue weighted by Gasteiger charge is 2.17. The molecule has 0 atom stereocenters. The maximum absolute atomic E-state index is 6.25. The number of rotatable bonds is 1. The van der Waals surface area contributed by atoms with E-state index in [1.165, 1.54) is 0 Å². The Labute approximate surface area is 104 Å². The minimum Gasteiger partial charge on any atom is -0.197 e. The number of benzene rings is 1. The molecule has 5 heteroatoms. The SMILES string of the molecule is Cc1c(C)c(Cl)c(Cl)c(-c2cn[nH]n2)c1C. The van der Waals surface area contributed by atoms with Crippen LogP contribution in [0.3, 0.4) is 0 Å². The van der Waals surface area contributed by atoms with E-state index in [4.69, 9.17) is 23.2 Å². The highest BCUT2D eigenvalue weighted by Crippen LogP contribution is 2.39. The molecular weight excluding hydrogens is 245 g/mol. The van der Waals surface area contributed by atoms with Crippen molar-refractivity contribution in [2.75, 3.05) is 0 Å². The van der Waals surface area contributed by atoms with Gasteiger partial charge in [-0.25, -0.2) is 0 Å². The van der Waals surface area contributed by atoms with E-state index < -0.39 is 0 Å². The van der Waals surface area contributed by atoms with Gasteiger partial charge in [0.05, 0.1) is 16.2 Å². The fourth-order valence-corrected chi connectivity index (χ4v) is 2.32. The Kier molecular flexibility index (Phi) is 2.91. The van der Waals surface area contributed by atoms with Crippen molar-refractivity contribution in [2.45, 2.75) is 20.8 Å². The molecular formula is C11H11Cl2N3. The second kappa shape index (κ2) is 4.07. The molecule has 0 aliphatic carbocycles. The Morgan fingerprint density at radius 1 is 1.00 bits per heavy atom. The average molecular weight is 256 g/mol. The van der Waals surface area contributed by atoms with Gasteiger partial charge in [0.25, 0.3) is 0 Å². The summed E-state index contributed by atoms with van der Waals surface area (Å²) in [6.45, 7) is 5.99. The lowest BCUT2D eigenvalue weighted by atomic mass is 9.97. The first kappa shape index (κ1) is 11.4. The van der Waals surface area contributed by atoms with Crippen molar-refractivity contribution in [1.29, 1.82) is 0 Å². The predicted octanol–water partition coefficient (Wildman–Crippen LogP) is 3.70. The van der Waals surface area contributed by atoms with Crippen molar-refractivity contribution in [3.8, 4) is 11.3 Å². The van der Waals surface area contributed by atoms with E-state index in [1.807, 2.05) is 20.8 Å². The van der Waals surface area contributed by atoms with Crippen molar-refractivity contribution in [3.63, 3.8) is 0 Å². The van der Waals surface area contributed by atoms with Crippen LogP contribution in [0.4, 0.5) is 0 Å². The Morgan fingerprint density at radius 3 is 2.25 bits per heavy atom. The zero-order chi connectivity index (χ0) is 11.9. The lowest BCUT2D eigenvalue weighted by Crippen LogP contribution is -1.95. The number of halogens is 2. The molecule has 16 heavy (non-hydrogen) atoms. The van der Waals surface area contributed by atoms with Crippen molar-refractivity contribution in [1.82, 2.24) is 15.4 Å². The fraction of sp³-hybridized carbons (Fsp3) is 0.273. The molecule has 0 radical (unpaired) electrons. The maximum atomic E-state index is 6.25. The third-order valence-electron chi connectivity index (χ3n) is 2.91. The fourth-order valence-electron chi connectivity index (χ4n) is 1.70. The normalized spacial score (nSPS) is 10.8. The first-order valence-electron chi connectivity index (χ1n) is 4.85. The second-order valence-corrected chi connectivity index (χ2v) is 4.49. The van der Waals surface area contributed by atoms with Crippen LogP contribution in [0.5, 0.6) is 0 Å². The summed E-state index contributed by atoms with van der Waals surface area (Å²) in [6.07, 6.45) is 1.64. The van der Waals surface area contributed by atoms with Crippen LogP contribution < -0.4 is 0 Å². The predicted molar refractivity (Wildman–Crippen MR) is 66.0 cm³/mol. The summed E-state index contributed by atoms with van der Waals surface area (Å²) >= 11 is 12.4.